The number of amides is 2. The van der Waals surface area contributed by atoms with E-state index in [2.05, 4.69) is 15.3 Å². The normalized spacial score (nSPS) is 17.7. The molecule has 0 atom stereocenters. The van der Waals surface area contributed by atoms with Gasteiger partial charge in [-0.2, -0.15) is 0 Å². The van der Waals surface area contributed by atoms with Crippen molar-refractivity contribution in [1.29, 1.82) is 0 Å². The molecule has 2 aromatic heterocycles. The number of rotatable bonds is 2. The molecule has 0 bridgehead atoms. The number of hydrogen-bond acceptors (Lipinski definition) is 5. The minimum atomic E-state index is -3.35. The van der Waals surface area contributed by atoms with Crippen molar-refractivity contribution in [2.45, 2.75) is 18.3 Å². The van der Waals surface area contributed by atoms with Crippen LogP contribution in [-0.2, 0) is 15.4 Å². The number of carbonyl (C=O) groups is 1. The number of pyridine rings is 2. The van der Waals surface area contributed by atoms with Crippen molar-refractivity contribution in [1.82, 2.24) is 14.9 Å². The highest BCUT2D eigenvalue weighted by Crippen LogP contribution is 2.47. The van der Waals surface area contributed by atoms with Crippen LogP contribution in [0.25, 0.3) is 11.0 Å². The number of benzene rings is 1. The quantitative estimate of drug-likeness (QED) is 0.665. The topological polar surface area (TPSA) is 95.5 Å². The maximum Gasteiger partial charge on any atom is 0.323 e. The molecule has 160 valence electrons. The molecule has 2 aliphatic rings. The van der Waals surface area contributed by atoms with E-state index in [1.807, 2.05) is 42.5 Å². The van der Waals surface area contributed by atoms with Gasteiger partial charge < -0.3 is 4.90 Å². The van der Waals surface area contributed by atoms with E-state index in [1.165, 1.54) is 10.6 Å². The zero-order chi connectivity index (χ0) is 21.6. The first-order valence-electron chi connectivity index (χ1n) is 10.2. The molecule has 1 saturated heterocycles. The number of anilines is 2. The van der Waals surface area contributed by atoms with Gasteiger partial charge in [-0.05, 0) is 48.7 Å². The molecule has 0 saturated carbocycles. The van der Waals surface area contributed by atoms with Crippen LogP contribution in [0.2, 0.25) is 0 Å². The van der Waals surface area contributed by atoms with Crippen molar-refractivity contribution >= 4 is 38.6 Å². The minimum absolute atomic E-state index is 0.197. The van der Waals surface area contributed by atoms with Crippen LogP contribution in [0.15, 0.2) is 54.7 Å². The molecule has 2 aliphatic heterocycles. The number of nitrogens with one attached hydrogen (secondary N) is 1. The van der Waals surface area contributed by atoms with Crippen LogP contribution in [-0.4, -0.2) is 55.2 Å². The van der Waals surface area contributed by atoms with Crippen LogP contribution < -0.4 is 9.62 Å². The van der Waals surface area contributed by atoms with Crippen molar-refractivity contribution < 1.29 is 13.2 Å². The lowest BCUT2D eigenvalue weighted by Crippen LogP contribution is -2.48. The molecule has 3 aromatic rings. The fourth-order valence-electron chi connectivity index (χ4n) is 4.66. The summed E-state index contributed by atoms with van der Waals surface area (Å²) in [7, 11) is -3.35. The summed E-state index contributed by atoms with van der Waals surface area (Å²) in [5, 5.41) is 2.88. The van der Waals surface area contributed by atoms with Gasteiger partial charge in [-0.3, -0.25) is 14.6 Å². The summed E-state index contributed by atoms with van der Waals surface area (Å²) >= 11 is 0. The smallest absolute Gasteiger partial charge is 0.323 e. The zero-order valence-electron chi connectivity index (χ0n) is 17.2. The predicted octanol–water partition coefficient (Wildman–Crippen LogP) is 2.98. The van der Waals surface area contributed by atoms with Crippen molar-refractivity contribution in [2.24, 2.45) is 0 Å². The van der Waals surface area contributed by atoms with Crippen LogP contribution in [0, 0.1) is 0 Å². The summed E-state index contributed by atoms with van der Waals surface area (Å²) in [4.78, 5) is 23.3. The SMILES string of the molecule is CS(=O)(=O)N1CC2(CCN(C(=O)Nc3ccc4ncccc4n3)CC2)c2ccccc21. The van der Waals surface area contributed by atoms with Crippen LogP contribution >= 0.6 is 0 Å². The second-order valence-corrected chi connectivity index (χ2v) is 10.1. The average Bonchev–Trinajstić information content (AvgIpc) is 3.09. The third kappa shape index (κ3) is 3.48. The van der Waals surface area contributed by atoms with Crippen molar-refractivity contribution in [3.05, 3.63) is 60.3 Å². The first-order chi connectivity index (χ1) is 14.9. The van der Waals surface area contributed by atoms with Gasteiger partial charge in [0.05, 0.1) is 23.0 Å². The van der Waals surface area contributed by atoms with Gasteiger partial charge in [-0.25, -0.2) is 18.2 Å². The van der Waals surface area contributed by atoms with E-state index in [0.29, 0.717) is 38.3 Å². The number of piperidine rings is 1. The number of fused-ring (bicyclic) bond motifs is 3. The molecule has 4 heterocycles. The Hall–Kier alpha value is -3.20. The maximum absolute atomic E-state index is 12.8. The Bertz CT molecular complexity index is 1270. The molecule has 1 aromatic carbocycles. The summed E-state index contributed by atoms with van der Waals surface area (Å²) in [6.45, 7) is 1.53. The van der Waals surface area contributed by atoms with Gasteiger partial charge in [0.2, 0.25) is 10.0 Å². The molecule has 5 rings (SSSR count). The second-order valence-electron chi connectivity index (χ2n) is 8.22. The largest absolute Gasteiger partial charge is 0.324 e. The predicted molar refractivity (Wildman–Crippen MR) is 120 cm³/mol. The summed E-state index contributed by atoms with van der Waals surface area (Å²) < 4.78 is 26.2. The molecule has 0 radical (unpaired) electrons. The fourth-order valence-corrected chi connectivity index (χ4v) is 5.66. The number of nitrogens with zero attached hydrogens (tertiary/aromatic N) is 4. The van der Waals surface area contributed by atoms with E-state index in [4.69, 9.17) is 0 Å². The molecule has 0 aliphatic carbocycles. The number of sulfonamides is 1. The van der Waals surface area contributed by atoms with Crippen molar-refractivity contribution in [3.63, 3.8) is 0 Å². The van der Waals surface area contributed by atoms with Gasteiger partial charge >= 0.3 is 6.03 Å². The van der Waals surface area contributed by atoms with E-state index in [-0.39, 0.29) is 11.4 Å². The monoisotopic (exact) mass is 437 g/mol. The maximum atomic E-state index is 12.8. The van der Waals surface area contributed by atoms with Crippen LogP contribution in [0.1, 0.15) is 18.4 Å². The number of likely N-dealkylation sites (tertiary alicyclic amines) is 1. The molecule has 2 amide bonds. The minimum Gasteiger partial charge on any atom is -0.324 e. The first kappa shape index (κ1) is 19.7. The number of aromatic nitrogens is 2. The van der Waals surface area contributed by atoms with E-state index in [9.17, 15) is 13.2 Å². The Balaban J connectivity index is 1.31. The Kier molecular flexibility index (Phi) is 4.58. The van der Waals surface area contributed by atoms with E-state index in [1.54, 1.807) is 17.2 Å². The lowest BCUT2D eigenvalue weighted by atomic mass is 9.74. The van der Waals surface area contributed by atoms with E-state index in [0.717, 1.165) is 22.3 Å². The Labute approximate surface area is 181 Å². The van der Waals surface area contributed by atoms with Crippen LogP contribution in [0.5, 0.6) is 0 Å². The van der Waals surface area contributed by atoms with E-state index >= 15 is 0 Å². The first-order valence-corrected chi connectivity index (χ1v) is 12.1. The lowest BCUT2D eigenvalue weighted by molar-refractivity contribution is 0.173. The van der Waals surface area contributed by atoms with Gasteiger partial charge in [-0.1, -0.05) is 18.2 Å². The van der Waals surface area contributed by atoms with Crippen LogP contribution in [0.4, 0.5) is 16.3 Å². The molecular weight excluding hydrogens is 414 g/mol. The average molecular weight is 438 g/mol. The lowest BCUT2D eigenvalue weighted by Gasteiger charge is -2.39. The molecule has 1 fully saturated rings. The molecule has 1 N–H and O–H groups in total. The molecule has 1 spiro atoms. The fraction of sp³-hybridized carbons (Fsp3) is 0.318. The summed E-state index contributed by atoms with van der Waals surface area (Å²) in [6, 6.07) is 14.7. The summed E-state index contributed by atoms with van der Waals surface area (Å²) in [6.07, 6.45) is 4.37. The molecule has 31 heavy (non-hydrogen) atoms. The van der Waals surface area contributed by atoms with Gasteiger partial charge in [0.1, 0.15) is 5.82 Å². The standard InChI is InChI=1S/C22H23N5O3S/c1-31(29,30)27-15-22(16-5-2-3-7-19(16)27)10-13-26(14-11-22)21(28)25-20-9-8-17-18(24-20)6-4-12-23-17/h2-9,12H,10-11,13-15H2,1H3,(H,24,25,28). The molecular formula is C22H23N5O3S. The number of carbonyl (C=O) groups excluding carboxylic acids is 1. The van der Waals surface area contributed by atoms with Gasteiger partial charge in [0.15, 0.2) is 0 Å². The highest BCUT2D eigenvalue weighted by atomic mass is 32.2. The Morgan fingerprint density at radius 2 is 1.81 bits per heavy atom. The molecule has 8 nitrogen and oxygen atoms in total. The van der Waals surface area contributed by atoms with Gasteiger partial charge in [0.25, 0.3) is 0 Å². The van der Waals surface area contributed by atoms with E-state index < -0.39 is 10.0 Å². The Morgan fingerprint density at radius 3 is 2.58 bits per heavy atom. The Morgan fingerprint density at radius 1 is 1.03 bits per heavy atom. The van der Waals surface area contributed by atoms with Crippen LogP contribution in [0.3, 0.4) is 0 Å². The second kappa shape index (κ2) is 7.19. The summed E-state index contributed by atoms with van der Waals surface area (Å²) in [5.41, 5.74) is 3.06. The molecule has 0 unspecified atom stereocenters. The highest BCUT2D eigenvalue weighted by molar-refractivity contribution is 7.92. The highest BCUT2D eigenvalue weighted by Gasteiger charge is 2.47. The third-order valence-corrected chi connectivity index (χ3v) is 7.42. The summed E-state index contributed by atoms with van der Waals surface area (Å²) in [5.74, 6) is 0.486. The molecule has 9 heteroatoms. The van der Waals surface area contributed by atoms with Gasteiger partial charge in [0, 0.05) is 31.2 Å². The van der Waals surface area contributed by atoms with Crippen molar-refractivity contribution in [3.8, 4) is 0 Å². The zero-order valence-corrected chi connectivity index (χ0v) is 18.0. The van der Waals surface area contributed by atoms with Gasteiger partial charge in [-0.15, -0.1) is 0 Å². The van der Waals surface area contributed by atoms with Crippen molar-refractivity contribution in [2.75, 3.05) is 35.5 Å². The number of urea groups is 1. The number of para-hydroxylation sites is 1. The third-order valence-electron chi connectivity index (χ3n) is 6.29. The number of hydrogen-bond donors (Lipinski definition) is 1.